The van der Waals surface area contributed by atoms with E-state index in [-0.39, 0.29) is 30.4 Å². The van der Waals surface area contributed by atoms with Crippen LogP contribution in [-0.4, -0.2) is 33.0 Å². The van der Waals surface area contributed by atoms with Gasteiger partial charge in [0.15, 0.2) is 0 Å². The SMILES string of the molecule is Cl.N[C@@H]1CCC[C@H]1NC(=O)c1ccccc1-n1nccn1. The maximum atomic E-state index is 12.4. The third-order valence-corrected chi connectivity index (χ3v) is 3.67. The van der Waals surface area contributed by atoms with E-state index in [0.29, 0.717) is 11.3 Å². The fraction of sp³-hybridized carbons (Fsp3) is 0.357. The zero-order chi connectivity index (χ0) is 13.9. The van der Waals surface area contributed by atoms with Crippen LogP contribution in [0.2, 0.25) is 0 Å². The number of nitrogens with zero attached hydrogens (tertiary/aromatic N) is 3. The van der Waals surface area contributed by atoms with E-state index in [2.05, 4.69) is 15.5 Å². The summed E-state index contributed by atoms with van der Waals surface area (Å²) >= 11 is 0. The average Bonchev–Trinajstić information content (AvgIpc) is 3.11. The lowest BCUT2D eigenvalue weighted by Gasteiger charge is -2.18. The van der Waals surface area contributed by atoms with Crippen LogP contribution in [0.1, 0.15) is 29.6 Å². The minimum absolute atomic E-state index is 0. The Morgan fingerprint density at radius 1 is 1.24 bits per heavy atom. The van der Waals surface area contributed by atoms with Gasteiger partial charge in [0.05, 0.1) is 23.6 Å². The smallest absolute Gasteiger partial charge is 0.253 e. The molecule has 1 aromatic heterocycles. The molecule has 1 aromatic carbocycles. The molecule has 112 valence electrons. The molecule has 6 nitrogen and oxygen atoms in total. The Morgan fingerprint density at radius 3 is 2.62 bits per heavy atom. The Morgan fingerprint density at radius 2 is 1.95 bits per heavy atom. The number of para-hydroxylation sites is 1. The largest absolute Gasteiger partial charge is 0.348 e. The Labute approximate surface area is 129 Å². The van der Waals surface area contributed by atoms with Crippen molar-refractivity contribution < 1.29 is 4.79 Å². The van der Waals surface area contributed by atoms with Gasteiger partial charge in [-0.25, -0.2) is 0 Å². The standard InChI is InChI=1S/C14H17N5O.ClH/c15-11-5-3-6-12(11)18-14(20)10-4-1-2-7-13(10)19-16-8-9-17-19;/h1-2,4,7-9,11-12H,3,5-6,15H2,(H,18,20);1H/t11-,12-;/m1./s1. The number of aromatic nitrogens is 3. The van der Waals surface area contributed by atoms with E-state index in [9.17, 15) is 4.79 Å². The monoisotopic (exact) mass is 307 g/mol. The third-order valence-electron chi connectivity index (χ3n) is 3.67. The molecule has 0 unspecified atom stereocenters. The van der Waals surface area contributed by atoms with Crippen molar-refractivity contribution in [2.45, 2.75) is 31.3 Å². The molecule has 2 atom stereocenters. The van der Waals surface area contributed by atoms with Gasteiger partial charge in [0.1, 0.15) is 0 Å². The van der Waals surface area contributed by atoms with E-state index in [1.54, 1.807) is 18.5 Å². The highest BCUT2D eigenvalue weighted by Gasteiger charge is 2.26. The van der Waals surface area contributed by atoms with Crippen molar-refractivity contribution in [2.24, 2.45) is 5.73 Å². The summed E-state index contributed by atoms with van der Waals surface area (Å²) in [7, 11) is 0. The molecule has 0 saturated heterocycles. The van der Waals surface area contributed by atoms with Gasteiger partial charge in [-0.2, -0.15) is 15.0 Å². The summed E-state index contributed by atoms with van der Waals surface area (Å²) in [5, 5.41) is 11.2. The number of hydrogen-bond acceptors (Lipinski definition) is 4. The summed E-state index contributed by atoms with van der Waals surface area (Å²) in [4.78, 5) is 13.9. The van der Waals surface area contributed by atoms with Crippen LogP contribution in [0.5, 0.6) is 0 Å². The van der Waals surface area contributed by atoms with Gasteiger partial charge < -0.3 is 11.1 Å². The summed E-state index contributed by atoms with van der Waals surface area (Å²) in [6, 6.07) is 7.39. The summed E-state index contributed by atoms with van der Waals surface area (Å²) < 4.78 is 0. The fourth-order valence-electron chi connectivity index (χ4n) is 2.59. The predicted octanol–water partition coefficient (Wildman–Crippen LogP) is 1.30. The molecule has 3 rings (SSSR count). The molecule has 0 radical (unpaired) electrons. The van der Waals surface area contributed by atoms with Gasteiger partial charge in [-0.05, 0) is 31.4 Å². The van der Waals surface area contributed by atoms with E-state index in [0.717, 1.165) is 19.3 Å². The molecule has 1 fully saturated rings. The zero-order valence-electron chi connectivity index (χ0n) is 11.5. The molecular weight excluding hydrogens is 290 g/mol. The van der Waals surface area contributed by atoms with Crippen LogP contribution in [0.25, 0.3) is 5.69 Å². The van der Waals surface area contributed by atoms with E-state index in [1.807, 2.05) is 18.2 Å². The van der Waals surface area contributed by atoms with Gasteiger partial charge in [-0.1, -0.05) is 12.1 Å². The molecule has 1 heterocycles. The minimum atomic E-state index is -0.125. The topological polar surface area (TPSA) is 85.8 Å². The average molecular weight is 308 g/mol. The summed E-state index contributed by atoms with van der Waals surface area (Å²) in [5.74, 6) is -0.125. The second-order valence-electron chi connectivity index (χ2n) is 5.01. The lowest BCUT2D eigenvalue weighted by atomic mass is 10.1. The Balaban J connectivity index is 0.00000161. The van der Waals surface area contributed by atoms with Crippen molar-refractivity contribution in [2.75, 3.05) is 0 Å². The number of benzene rings is 1. The van der Waals surface area contributed by atoms with Gasteiger partial charge in [0.25, 0.3) is 5.91 Å². The van der Waals surface area contributed by atoms with E-state index < -0.39 is 0 Å². The Kier molecular flexibility index (Phi) is 4.93. The maximum absolute atomic E-state index is 12.4. The van der Waals surface area contributed by atoms with Crippen molar-refractivity contribution >= 4 is 18.3 Å². The Bertz CT molecular complexity index is 601. The van der Waals surface area contributed by atoms with Gasteiger partial charge >= 0.3 is 0 Å². The maximum Gasteiger partial charge on any atom is 0.253 e. The van der Waals surface area contributed by atoms with Crippen molar-refractivity contribution in [1.82, 2.24) is 20.3 Å². The van der Waals surface area contributed by atoms with Crippen molar-refractivity contribution in [1.29, 1.82) is 0 Å². The lowest BCUT2D eigenvalue weighted by molar-refractivity contribution is 0.0934. The summed E-state index contributed by atoms with van der Waals surface area (Å²) in [6.45, 7) is 0. The number of halogens is 1. The van der Waals surface area contributed by atoms with E-state index in [1.165, 1.54) is 4.80 Å². The highest BCUT2D eigenvalue weighted by molar-refractivity contribution is 5.97. The molecule has 7 heteroatoms. The molecule has 3 N–H and O–H groups in total. The molecular formula is C14H18ClN5O. The van der Waals surface area contributed by atoms with E-state index >= 15 is 0 Å². The number of carbonyl (C=O) groups is 1. The molecule has 1 aliphatic carbocycles. The first-order valence-corrected chi connectivity index (χ1v) is 6.78. The summed E-state index contributed by atoms with van der Waals surface area (Å²) in [6.07, 6.45) is 6.14. The van der Waals surface area contributed by atoms with Crippen LogP contribution >= 0.6 is 12.4 Å². The molecule has 1 aliphatic rings. The Hall–Kier alpha value is -1.92. The van der Waals surface area contributed by atoms with Gasteiger partial charge in [-0.15, -0.1) is 12.4 Å². The first kappa shape index (κ1) is 15.5. The first-order chi connectivity index (χ1) is 9.75. The highest BCUT2D eigenvalue weighted by atomic mass is 35.5. The van der Waals surface area contributed by atoms with Crippen LogP contribution in [0, 0.1) is 0 Å². The van der Waals surface area contributed by atoms with Crippen molar-refractivity contribution in [3.05, 3.63) is 42.2 Å². The van der Waals surface area contributed by atoms with Crippen molar-refractivity contribution in [3.63, 3.8) is 0 Å². The zero-order valence-corrected chi connectivity index (χ0v) is 12.3. The number of amides is 1. The molecule has 21 heavy (non-hydrogen) atoms. The van der Waals surface area contributed by atoms with Crippen molar-refractivity contribution in [3.8, 4) is 5.69 Å². The first-order valence-electron chi connectivity index (χ1n) is 6.78. The predicted molar refractivity (Wildman–Crippen MR) is 81.7 cm³/mol. The fourth-order valence-corrected chi connectivity index (χ4v) is 2.59. The van der Waals surface area contributed by atoms with Crippen LogP contribution < -0.4 is 11.1 Å². The molecule has 0 aliphatic heterocycles. The number of nitrogens with two attached hydrogens (primary N) is 1. The van der Waals surface area contributed by atoms with Crippen LogP contribution in [0.4, 0.5) is 0 Å². The molecule has 0 spiro atoms. The minimum Gasteiger partial charge on any atom is -0.348 e. The molecule has 2 aromatic rings. The highest BCUT2D eigenvalue weighted by Crippen LogP contribution is 2.19. The number of carbonyl (C=O) groups excluding carboxylic acids is 1. The normalized spacial score (nSPS) is 20.8. The number of rotatable bonds is 3. The number of nitrogens with one attached hydrogen (secondary N) is 1. The van der Waals surface area contributed by atoms with Crippen LogP contribution in [-0.2, 0) is 0 Å². The van der Waals surface area contributed by atoms with Crippen LogP contribution in [0.15, 0.2) is 36.7 Å². The summed E-state index contributed by atoms with van der Waals surface area (Å²) in [5.41, 5.74) is 7.22. The van der Waals surface area contributed by atoms with Gasteiger partial charge in [-0.3, -0.25) is 4.79 Å². The number of hydrogen-bond donors (Lipinski definition) is 2. The van der Waals surface area contributed by atoms with Gasteiger partial charge in [0, 0.05) is 12.1 Å². The quantitative estimate of drug-likeness (QED) is 0.895. The molecule has 1 amide bonds. The lowest BCUT2D eigenvalue weighted by Crippen LogP contribution is -2.44. The second-order valence-corrected chi connectivity index (χ2v) is 5.01. The van der Waals surface area contributed by atoms with E-state index in [4.69, 9.17) is 5.73 Å². The third kappa shape index (κ3) is 3.22. The second kappa shape index (κ2) is 6.69. The van der Waals surface area contributed by atoms with Gasteiger partial charge in [0.2, 0.25) is 0 Å². The molecule has 0 bridgehead atoms. The molecule has 1 saturated carbocycles. The van der Waals surface area contributed by atoms with Crippen LogP contribution in [0.3, 0.4) is 0 Å².